The molecule has 13 heavy (non-hydrogen) atoms. The second-order valence-corrected chi connectivity index (χ2v) is 3.29. The van der Waals surface area contributed by atoms with Gasteiger partial charge in [-0.25, -0.2) is 0 Å². The second-order valence-electron chi connectivity index (χ2n) is 3.29. The van der Waals surface area contributed by atoms with Gasteiger partial charge in [0.2, 0.25) is 0 Å². The lowest BCUT2D eigenvalue weighted by Crippen LogP contribution is -1.74. The van der Waals surface area contributed by atoms with Crippen LogP contribution in [0.3, 0.4) is 0 Å². The van der Waals surface area contributed by atoms with E-state index in [9.17, 15) is 0 Å². The van der Waals surface area contributed by atoms with Gasteiger partial charge in [-0.05, 0) is 31.5 Å². The summed E-state index contributed by atoms with van der Waals surface area (Å²) < 4.78 is 0. The molecular formula is C11H10N2. The summed E-state index contributed by atoms with van der Waals surface area (Å²) in [5, 5.41) is 9.96. The van der Waals surface area contributed by atoms with E-state index in [0.717, 1.165) is 16.5 Å². The number of fused-ring (bicyclic) bond motifs is 1. The van der Waals surface area contributed by atoms with Crippen molar-refractivity contribution < 1.29 is 0 Å². The fraction of sp³-hybridized carbons (Fsp3) is 0.182. The quantitative estimate of drug-likeness (QED) is 0.648. The van der Waals surface area contributed by atoms with Gasteiger partial charge in [-0.2, -0.15) is 5.26 Å². The van der Waals surface area contributed by atoms with Crippen LogP contribution in [0.15, 0.2) is 18.2 Å². The first-order valence-electron chi connectivity index (χ1n) is 4.21. The van der Waals surface area contributed by atoms with E-state index in [4.69, 9.17) is 5.26 Å². The van der Waals surface area contributed by atoms with Gasteiger partial charge in [0, 0.05) is 10.9 Å². The Labute approximate surface area is 76.8 Å². The molecule has 0 spiro atoms. The molecule has 0 fully saturated rings. The standard InChI is InChI=1S/C11H10N2/c1-7-3-4-10-9(5-7)8(2)11(6-12)13-10/h3-5,13H,1-2H3. The fourth-order valence-electron chi connectivity index (χ4n) is 1.55. The van der Waals surface area contributed by atoms with Crippen LogP contribution >= 0.6 is 0 Å². The first-order chi connectivity index (χ1) is 6.22. The Morgan fingerprint density at radius 3 is 2.77 bits per heavy atom. The van der Waals surface area contributed by atoms with Gasteiger partial charge in [-0.1, -0.05) is 11.6 Å². The highest BCUT2D eigenvalue weighted by molar-refractivity contribution is 5.85. The van der Waals surface area contributed by atoms with Crippen LogP contribution in [-0.4, -0.2) is 4.98 Å². The van der Waals surface area contributed by atoms with E-state index in [2.05, 4.69) is 24.0 Å². The molecular weight excluding hydrogens is 160 g/mol. The maximum absolute atomic E-state index is 8.81. The van der Waals surface area contributed by atoms with Crippen LogP contribution in [0.1, 0.15) is 16.8 Å². The van der Waals surface area contributed by atoms with Crippen molar-refractivity contribution in [3.05, 3.63) is 35.0 Å². The second kappa shape index (κ2) is 2.63. The summed E-state index contributed by atoms with van der Waals surface area (Å²) in [6.07, 6.45) is 0. The maximum Gasteiger partial charge on any atom is 0.121 e. The predicted octanol–water partition coefficient (Wildman–Crippen LogP) is 2.66. The summed E-state index contributed by atoms with van der Waals surface area (Å²) in [5.74, 6) is 0. The van der Waals surface area contributed by atoms with Crippen molar-refractivity contribution in [2.24, 2.45) is 0 Å². The smallest absolute Gasteiger partial charge is 0.121 e. The number of nitriles is 1. The van der Waals surface area contributed by atoms with Crippen molar-refractivity contribution in [1.29, 1.82) is 5.26 Å². The van der Waals surface area contributed by atoms with Gasteiger partial charge in [0.15, 0.2) is 0 Å². The maximum atomic E-state index is 8.81. The van der Waals surface area contributed by atoms with Crippen LogP contribution in [0.2, 0.25) is 0 Å². The lowest BCUT2D eigenvalue weighted by molar-refractivity contribution is 1.33. The summed E-state index contributed by atoms with van der Waals surface area (Å²) in [6, 6.07) is 8.30. The Bertz CT molecular complexity index is 501. The average molecular weight is 170 g/mol. The van der Waals surface area contributed by atoms with Gasteiger partial charge in [0.05, 0.1) is 0 Å². The molecule has 2 nitrogen and oxygen atoms in total. The Balaban J connectivity index is 2.87. The van der Waals surface area contributed by atoms with Crippen LogP contribution in [-0.2, 0) is 0 Å². The van der Waals surface area contributed by atoms with Crippen molar-refractivity contribution >= 4 is 10.9 Å². The Kier molecular flexibility index (Phi) is 1.60. The molecule has 1 aromatic heterocycles. The van der Waals surface area contributed by atoms with Crippen LogP contribution in [0, 0.1) is 25.2 Å². The fourth-order valence-corrected chi connectivity index (χ4v) is 1.55. The van der Waals surface area contributed by atoms with Gasteiger partial charge < -0.3 is 4.98 Å². The number of benzene rings is 1. The first kappa shape index (κ1) is 7.88. The van der Waals surface area contributed by atoms with Crippen molar-refractivity contribution in [3.63, 3.8) is 0 Å². The van der Waals surface area contributed by atoms with Gasteiger partial charge in [0.25, 0.3) is 0 Å². The monoisotopic (exact) mass is 170 g/mol. The van der Waals surface area contributed by atoms with E-state index in [1.807, 2.05) is 19.1 Å². The zero-order valence-electron chi connectivity index (χ0n) is 7.68. The van der Waals surface area contributed by atoms with E-state index in [0.29, 0.717) is 5.69 Å². The molecule has 0 aliphatic carbocycles. The summed E-state index contributed by atoms with van der Waals surface area (Å²) in [5.41, 5.74) is 3.97. The van der Waals surface area contributed by atoms with E-state index >= 15 is 0 Å². The van der Waals surface area contributed by atoms with Crippen LogP contribution in [0.5, 0.6) is 0 Å². The van der Waals surface area contributed by atoms with Crippen LogP contribution in [0.25, 0.3) is 10.9 Å². The summed E-state index contributed by atoms with van der Waals surface area (Å²) in [4.78, 5) is 3.08. The number of aromatic nitrogens is 1. The van der Waals surface area contributed by atoms with Gasteiger partial charge in [-0.15, -0.1) is 0 Å². The molecule has 0 unspecified atom stereocenters. The highest BCUT2D eigenvalue weighted by atomic mass is 14.7. The molecule has 1 N–H and O–H groups in total. The van der Waals surface area contributed by atoms with Gasteiger partial charge >= 0.3 is 0 Å². The molecule has 0 aliphatic heterocycles. The number of aromatic amines is 1. The normalized spacial score (nSPS) is 10.2. The zero-order chi connectivity index (χ0) is 9.42. The molecule has 0 bridgehead atoms. The lowest BCUT2D eigenvalue weighted by atomic mass is 10.1. The van der Waals surface area contributed by atoms with E-state index in [1.54, 1.807) is 0 Å². The largest absolute Gasteiger partial charge is 0.346 e. The van der Waals surface area contributed by atoms with Crippen molar-refractivity contribution in [2.45, 2.75) is 13.8 Å². The number of nitrogens with one attached hydrogen (secondary N) is 1. The molecule has 2 heteroatoms. The van der Waals surface area contributed by atoms with E-state index in [-0.39, 0.29) is 0 Å². The third kappa shape index (κ3) is 1.09. The molecule has 0 saturated heterocycles. The molecule has 2 rings (SSSR count). The molecule has 1 heterocycles. The number of rotatable bonds is 0. The number of nitrogens with zero attached hydrogens (tertiary/aromatic N) is 1. The minimum Gasteiger partial charge on any atom is -0.346 e. The number of aryl methyl sites for hydroxylation is 2. The molecule has 2 aromatic rings. The third-order valence-corrected chi connectivity index (χ3v) is 2.33. The molecule has 64 valence electrons. The van der Waals surface area contributed by atoms with Gasteiger partial charge in [0.1, 0.15) is 11.8 Å². The van der Waals surface area contributed by atoms with E-state index in [1.165, 1.54) is 5.56 Å². The summed E-state index contributed by atoms with van der Waals surface area (Å²) in [7, 11) is 0. The summed E-state index contributed by atoms with van der Waals surface area (Å²) in [6.45, 7) is 4.02. The topological polar surface area (TPSA) is 39.6 Å². The number of hydrogen-bond acceptors (Lipinski definition) is 1. The van der Waals surface area contributed by atoms with E-state index < -0.39 is 0 Å². The third-order valence-electron chi connectivity index (χ3n) is 2.33. The van der Waals surface area contributed by atoms with Crippen LogP contribution in [0.4, 0.5) is 0 Å². The number of hydrogen-bond donors (Lipinski definition) is 1. The minimum absolute atomic E-state index is 0.667. The Morgan fingerprint density at radius 1 is 1.31 bits per heavy atom. The molecule has 0 amide bonds. The molecule has 0 aliphatic rings. The minimum atomic E-state index is 0.667. The SMILES string of the molecule is Cc1ccc2[nH]c(C#N)c(C)c2c1. The number of H-pyrrole nitrogens is 1. The molecule has 0 saturated carbocycles. The molecule has 0 atom stereocenters. The molecule has 1 aromatic carbocycles. The first-order valence-corrected chi connectivity index (χ1v) is 4.21. The highest BCUT2D eigenvalue weighted by Crippen LogP contribution is 2.21. The average Bonchev–Trinajstić information content (AvgIpc) is 2.44. The zero-order valence-corrected chi connectivity index (χ0v) is 7.68. The Hall–Kier alpha value is -1.75. The molecule has 0 radical (unpaired) electrons. The van der Waals surface area contributed by atoms with Crippen molar-refractivity contribution in [1.82, 2.24) is 4.98 Å². The van der Waals surface area contributed by atoms with Crippen molar-refractivity contribution in [3.8, 4) is 6.07 Å². The highest BCUT2D eigenvalue weighted by Gasteiger charge is 2.05. The lowest BCUT2D eigenvalue weighted by Gasteiger charge is -1.92. The van der Waals surface area contributed by atoms with Crippen molar-refractivity contribution in [2.75, 3.05) is 0 Å². The summed E-state index contributed by atoms with van der Waals surface area (Å²) >= 11 is 0. The Morgan fingerprint density at radius 2 is 2.08 bits per heavy atom. The van der Waals surface area contributed by atoms with Gasteiger partial charge in [-0.3, -0.25) is 0 Å². The predicted molar refractivity (Wildman–Crippen MR) is 52.5 cm³/mol. The van der Waals surface area contributed by atoms with Crippen LogP contribution < -0.4 is 0 Å².